The molecule has 2 atom stereocenters. The molecule has 3 nitrogen and oxygen atoms in total. The summed E-state index contributed by atoms with van der Waals surface area (Å²) in [6, 6.07) is 11.8. The van der Waals surface area contributed by atoms with Gasteiger partial charge >= 0.3 is 0 Å². The smallest absolute Gasteiger partial charge is 0.126 e. The largest absolute Gasteiger partial charge is 0.496 e. The highest BCUT2D eigenvalue weighted by Crippen LogP contribution is 2.41. The third kappa shape index (κ3) is 2.15. The summed E-state index contributed by atoms with van der Waals surface area (Å²) in [6.45, 7) is 4.95. The van der Waals surface area contributed by atoms with E-state index in [-0.39, 0.29) is 0 Å². The molecule has 3 fully saturated rings. The van der Waals surface area contributed by atoms with Crippen molar-refractivity contribution in [3.05, 3.63) is 42.7 Å². The summed E-state index contributed by atoms with van der Waals surface area (Å²) in [7, 11) is 1.74. The summed E-state index contributed by atoms with van der Waals surface area (Å²) in [5.41, 5.74) is 2.43. The van der Waals surface area contributed by atoms with E-state index >= 15 is 0 Å². The molecule has 3 heteroatoms. The van der Waals surface area contributed by atoms with Crippen LogP contribution < -0.4 is 4.74 Å². The first-order chi connectivity index (χ1) is 10.8. The topological polar surface area (TPSA) is 17.4 Å². The van der Waals surface area contributed by atoms with Crippen LogP contribution in [0.1, 0.15) is 25.8 Å². The van der Waals surface area contributed by atoms with E-state index < -0.39 is 0 Å². The lowest BCUT2D eigenvalue weighted by molar-refractivity contribution is 0.00627. The molecule has 5 rings (SSSR count). The van der Waals surface area contributed by atoms with E-state index in [0.717, 1.165) is 11.7 Å². The molecule has 0 unspecified atom stereocenters. The number of ether oxygens (including phenoxy) is 1. The maximum absolute atomic E-state index is 5.51. The van der Waals surface area contributed by atoms with Crippen molar-refractivity contribution in [3.8, 4) is 16.9 Å². The Hall–Kier alpha value is -1.74. The Morgan fingerprint density at radius 1 is 1.09 bits per heavy atom. The molecule has 3 aliphatic rings. The van der Waals surface area contributed by atoms with Crippen LogP contribution in [0.3, 0.4) is 0 Å². The molecule has 0 amide bonds. The number of para-hydroxylation sites is 1. The lowest BCUT2D eigenvalue weighted by Crippen LogP contribution is -2.53. The Morgan fingerprint density at radius 2 is 1.86 bits per heavy atom. The van der Waals surface area contributed by atoms with E-state index in [1.54, 1.807) is 7.11 Å². The van der Waals surface area contributed by atoms with Gasteiger partial charge in [0.15, 0.2) is 0 Å². The minimum Gasteiger partial charge on any atom is -0.496 e. The van der Waals surface area contributed by atoms with Gasteiger partial charge in [-0.05, 0) is 50.9 Å². The lowest BCUT2D eigenvalue weighted by Gasteiger charge is -2.50. The highest BCUT2D eigenvalue weighted by molar-refractivity contribution is 5.69. The maximum atomic E-state index is 5.51. The summed E-state index contributed by atoms with van der Waals surface area (Å²) in [6.07, 6.45) is 7.25. The molecule has 0 aliphatic carbocycles. The van der Waals surface area contributed by atoms with Gasteiger partial charge in [-0.2, -0.15) is 0 Å². The summed E-state index contributed by atoms with van der Waals surface area (Å²) in [5, 5.41) is 0. The van der Waals surface area contributed by atoms with E-state index in [1.807, 2.05) is 12.1 Å². The Balaban J connectivity index is 1.67. The third-order valence-electron chi connectivity index (χ3n) is 5.60. The molecule has 1 aromatic heterocycles. The minimum absolute atomic E-state index is 0.617. The van der Waals surface area contributed by atoms with Crippen LogP contribution in [0.15, 0.2) is 42.7 Å². The summed E-state index contributed by atoms with van der Waals surface area (Å²) in [5.74, 6) is 1.78. The summed E-state index contributed by atoms with van der Waals surface area (Å²) >= 11 is 0. The van der Waals surface area contributed by atoms with Gasteiger partial charge in [-0.3, -0.25) is 4.90 Å². The third-order valence-corrected chi connectivity index (χ3v) is 5.60. The molecular weight excluding hydrogens is 272 g/mol. The molecule has 1 aromatic carbocycles. The molecular formula is C19H24N2O. The fraction of sp³-hybridized carbons (Fsp3) is 0.474. The van der Waals surface area contributed by atoms with E-state index in [9.17, 15) is 0 Å². The van der Waals surface area contributed by atoms with Crippen LogP contribution >= 0.6 is 0 Å². The van der Waals surface area contributed by atoms with Crippen LogP contribution in [0.2, 0.25) is 0 Å². The number of hydrogen-bond donors (Lipinski definition) is 0. The second-order valence-corrected chi connectivity index (χ2v) is 6.65. The van der Waals surface area contributed by atoms with Crippen molar-refractivity contribution in [1.29, 1.82) is 0 Å². The number of hydrogen-bond acceptors (Lipinski definition) is 2. The monoisotopic (exact) mass is 296 g/mol. The number of nitrogens with zero attached hydrogens (tertiary/aromatic N) is 2. The molecule has 4 heterocycles. The second kappa shape index (κ2) is 5.47. The first-order valence-electron chi connectivity index (χ1n) is 8.33. The van der Waals surface area contributed by atoms with Gasteiger partial charge in [-0.15, -0.1) is 0 Å². The van der Waals surface area contributed by atoms with E-state index in [4.69, 9.17) is 4.74 Å². The Morgan fingerprint density at radius 3 is 2.59 bits per heavy atom. The number of piperidine rings is 3. The quantitative estimate of drug-likeness (QED) is 0.856. The first kappa shape index (κ1) is 13.9. The molecule has 2 aromatic rings. The predicted octanol–water partition coefficient (Wildman–Crippen LogP) is 3.82. The molecule has 22 heavy (non-hydrogen) atoms. The van der Waals surface area contributed by atoms with Gasteiger partial charge in [0.05, 0.1) is 13.2 Å². The molecule has 0 N–H and O–H groups in total. The summed E-state index contributed by atoms with van der Waals surface area (Å²) < 4.78 is 7.95. The standard InChI is InChI=1S/C19H24N2O/c1-14-19(15-7-10-20(14)11-8-15)21-12-9-16(13-21)17-5-3-4-6-18(17)22-2/h3-6,9,12-15,19H,7-8,10-11H2,1-2H3/t14-,19-/m0/s1. The number of aromatic nitrogens is 1. The number of methoxy groups -OCH3 is 1. The lowest BCUT2D eigenvalue weighted by atomic mass is 9.79. The van der Waals surface area contributed by atoms with Crippen molar-refractivity contribution in [2.24, 2.45) is 5.92 Å². The van der Waals surface area contributed by atoms with E-state index in [2.05, 4.69) is 47.0 Å². The van der Waals surface area contributed by atoms with Crippen molar-refractivity contribution >= 4 is 0 Å². The van der Waals surface area contributed by atoms with Gasteiger partial charge in [0.2, 0.25) is 0 Å². The molecule has 3 aliphatic heterocycles. The van der Waals surface area contributed by atoms with Crippen LogP contribution in [0.4, 0.5) is 0 Å². The zero-order valence-electron chi connectivity index (χ0n) is 13.4. The number of fused-ring (bicyclic) bond motifs is 3. The van der Waals surface area contributed by atoms with E-state index in [1.165, 1.54) is 37.1 Å². The predicted molar refractivity (Wildman–Crippen MR) is 89.2 cm³/mol. The van der Waals surface area contributed by atoms with Gasteiger partial charge in [-0.25, -0.2) is 0 Å². The molecule has 0 saturated carbocycles. The SMILES string of the molecule is COc1ccccc1-c1ccn([C@@H]2C3CCN(CC3)[C@H]2C)c1. The number of benzene rings is 1. The minimum atomic E-state index is 0.617. The second-order valence-electron chi connectivity index (χ2n) is 6.65. The maximum Gasteiger partial charge on any atom is 0.126 e. The zero-order chi connectivity index (χ0) is 15.1. The molecule has 0 radical (unpaired) electrons. The average molecular weight is 296 g/mol. The normalized spacial score (nSPS) is 30.5. The van der Waals surface area contributed by atoms with Crippen molar-refractivity contribution in [2.45, 2.75) is 31.8 Å². The average Bonchev–Trinajstić information content (AvgIpc) is 3.05. The molecule has 116 valence electrons. The van der Waals surface area contributed by atoms with Gasteiger partial charge in [0.1, 0.15) is 5.75 Å². The van der Waals surface area contributed by atoms with Crippen molar-refractivity contribution in [2.75, 3.05) is 20.2 Å². The highest BCUT2D eigenvalue weighted by Gasteiger charge is 2.40. The molecule has 0 spiro atoms. The Kier molecular flexibility index (Phi) is 3.45. The van der Waals surface area contributed by atoms with Crippen molar-refractivity contribution < 1.29 is 4.74 Å². The van der Waals surface area contributed by atoms with Crippen molar-refractivity contribution in [1.82, 2.24) is 9.47 Å². The van der Waals surface area contributed by atoms with Crippen LogP contribution in [0.5, 0.6) is 5.75 Å². The van der Waals surface area contributed by atoms with Crippen LogP contribution in [0, 0.1) is 5.92 Å². The van der Waals surface area contributed by atoms with Crippen LogP contribution in [0.25, 0.3) is 11.1 Å². The van der Waals surface area contributed by atoms with Gasteiger partial charge in [0.25, 0.3) is 0 Å². The first-order valence-corrected chi connectivity index (χ1v) is 8.33. The molecule has 3 saturated heterocycles. The summed E-state index contributed by atoms with van der Waals surface area (Å²) in [4.78, 5) is 2.65. The fourth-order valence-corrected chi connectivity index (χ4v) is 4.41. The molecule has 2 bridgehead atoms. The zero-order valence-corrected chi connectivity index (χ0v) is 13.4. The van der Waals surface area contributed by atoms with E-state index in [0.29, 0.717) is 12.1 Å². The Bertz CT molecular complexity index is 653. The van der Waals surface area contributed by atoms with Crippen LogP contribution in [-0.4, -0.2) is 35.7 Å². The van der Waals surface area contributed by atoms with Gasteiger partial charge in [-0.1, -0.05) is 18.2 Å². The fourth-order valence-electron chi connectivity index (χ4n) is 4.41. The Labute approximate surface area is 132 Å². The highest BCUT2D eigenvalue weighted by atomic mass is 16.5. The van der Waals surface area contributed by atoms with Crippen LogP contribution in [-0.2, 0) is 0 Å². The number of rotatable bonds is 3. The van der Waals surface area contributed by atoms with Gasteiger partial charge < -0.3 is 9.30 Å². The van der Waals surface area contributed by atoms with Gasteiger partial charge in [0, 0.05) is 29.6 Å². The van der Waals surface area contributed by atoms with Crippen molar-refractivity contribution in [3.63, 3.8) is 0 Å².